The van der Waals surface area contributed by atoms with E-state index in [4.69, 9.17) is 15.2 Å². The van der Waals surface area contributed by atoms with Gasteiger partial charge in [-0.05, 0) is 30.5 Å². The summed E-state index contributed by atoms with van der Waals surface area (Å²) < 4.78 is 0. The lowest BCUT2D eigenvalue weighted by Gasteiger charge is -2.27. The molecule has 2 aromatic rings. The average molecular weight is 380 g/mol. The van der Waals surface area contributed by atoms with Gasteiger partial charge in [0.05, 0.1) is 5.84 Å². The van der Waals surface area contributed by atoms with Crippen LogP contribution in [0.1, 0.15) is 30.5 Å². The maximum absolute atomic E-state index is 9.55. The number of rotatable bonds is 3. The Kier molecular flexibility index (Phi) is 6.71. The van der Waals surface area contributed by atoms with Gasteiger partial charge in [0.15, 0.2) is 0 Å². The number of nitrogens with zero attached hydrogens (tertiary/aromatic N) is 2. The zero-order chi connectivity index (χ0) is 20.7. The molecule has 0 fully saturated rings. The summed E-state index contributed by atoms with van der Waals surface area (Å²) >= 11 is 0. The molecule has 1 aliphatic rings. The van der Waals surface area contributed by atoms with Crippen LogP contribution < -0.4 is 0 Å². The Bertz CT molecular complexity index is 890. The predicted molar refractivity (Wildman–Crippen MR) is 108 cm³/mol. The van der Waals surface area contributed by atoms with Crippen molar-refractivity contribution in [2.75, 3.05) is 7.05 Å². The number of amidine groups is 1. The normalized spacial score (nSPS) is 18.4. The molecule has 0 aliphatic carbocycles. The maximum atomic E-state index is 9.55. The van der Waals surface area contributed by atoms with Gasteiger partial charge in [0.2, 0.25) is 0 Å². The second kappa shape index (κ2) is 8.99. The molecule has 1 atom stereocenters. The second-order valence-corrected chi connectivity index (χ2v) is 6.62. The van der Waals surface area contributed by atoms with Gasteiger partial charge in [0.25, 0.3) is 0 Å². The smallest absolute Gasteiger partial charge is 0.328 e. The second-order valence-electron chi connectivity index (χ2n) is 6.62. The number of carbonyl (C=O) groups is 2. The van der Waals surface area contributed by atoms with Gasteiger partial charge in [-0.1, -0.05) is 54.6 Å². The third kappa shape index (κ3) is 5.07. The van der Waals surface area contributed by atoms with E-state index in [-0.39, 0.29) is 5.54 Å². The van der Waals surface area contributed by atoms with Crippen LogP contribution >= 0.6 is 0 Å². The molecule has 146 valence electrons. The number of carboxylic acid groups (broad SMARTS) is 2. The first-order chi connectivity index (χ1) is 13.2. The highest BCUT2D eigenvalue weighted by Crippen LogP contribution is 2.37. The van der Waals surface area contributed by atoms with Gasteiger partial charge in [-0.3, -0.25) is 4.99 Å². The molecule has 0 amide bonds. The number of fused-ring (bicyclic) bond motifs is 1. The van der Waals surface area contributed by atoms with Crippen molar-refractivity contribution in [2.45, 2.75) is 25.9 Å². The van der Waals surface area contributed by atoms with Crippen molar-refractivity contribution < 1.29 is 19.8 Å². The van der Waals surface area contributed by atoms with Gasteiger partial charge in [0.1, 0.15) is 5.54 Å². The lowest BCUT2D eigenvalue weighted by molar-refractivity contribution is -0.134. The molecule has 0 saturated carbocycles. The Morgan fingerprint density at radius 3 is 2.11 bits per heavy atom. The van der Waals surface area contributed by atoms with Crippen LogP contribution in [-0.2, 0) is 21.7 Å². The molecule has 6 heteroatoms. The number of hydrogen-bond acceptors (Lipinski definition) is 4. The Morgan fingerprint density at radius 1 is 1.00 bits per heavy atom. The maximum Gasteiger partial charge on any atom is 0.328 e. The fourth-order valence-electron chi connectivity index (χ4n) is 3.10. The van der Waals surface area contributed by atoms with Gasteiger partial charge >= 0.3 is 11.9 Å². The van der Waals surface area contributed by atoms with Crippen LogP contribution in [0.15, 0.2) is 71.7 Å². The standard InChI is InChI=1S/C18H20N2.C4H4O4/c1-14-19-18(2,16-10-5-4-6-11-16)17-12-8-7-9-15(17)13-20(14)3;5-3(6)1-2-4(7)8/h4-12H,13H2,1-3H3;1-2H,(H,5,6)(H,7,8)/b;2-1+. The number of hydrogen-bond donors (Lipinski definition) is 2. The van der Waals surface area contributed by atoms with Crippen LogP contribution in [-0.4, -0.2) is 39.9 Å². The first-order valence-electron chi connectivity index (χ1n) is 8.79. The third-order valence-corrected chi connectivity index (χ3v) is 4.59. The van der Waals surface area contributed by atoms with E-state index in [9.17, 15) is 9.59 Å². The SMILES string of the molecule is CC1=NC(C)(c2ccccc2)c2ccccc2CN1C.O=C(O)/C=C/C(=O)O. The summed E-state index contributed by atoms with van der Waals surface area (Å²) in [6.07, 6.45) is 1.12. The molecule has 0 bridgehead atoms. The Labute approximate surface area is 164 Å². The Hall–Kier alpha value is -3.41. The summed E-state index contributed by atoms with van der Waals surface area (Å²) in [5.74, 6) is -1.44. The molecular weight excluding hydrogens is 356 g/mol. The lowest BCUT2D eigenvalue weighted by atomic mass is 9.83. The summed E-state index contributed by atoms with van der Waals surface area (Å²) in [6, 6.07) is 19.2. The summed E-state index contributed by atoms with van der Waals surface area (Å²) in [6.45, 7) is 5.21. The van der Waals surface area contributed by atoms with Crippen LogP contribution in [0, 0.1) is 0 Å². The molecule has 6 nitrogen and oxygen atoms in total. The molecule has 1 unspecified atom stereocenters. The zero-order valence-corrected chi connectivity index (χ0v) is 16.2. The third-order valence-electron chi connectivity index (χ3n) is 4.59. The minimum absolute atomic E-state index is 0.313. The van der Waals surface area contributed by atoms with Crippen molar-refractivity contribution in [1.29, 1.82) is 0 Å². The molecule has 0 spiro atoms. The Morgan fingerprint density at radius 2 is 1.54 bits per heavy atom. The van der Waals surface area contributed by atoms with E-state index in [1.165, 1.54) is 16.7 Å². The van der Waals surface area contributed by atoms with Gasteiger partial charge < -0.3 is 15.1 Å². The van der Waals surface area contributed by atoms with Crippen LogP contribution in [0.4, 0.5) is 0 Å². The summed E-state index contributed by atoms with van der Waals surface area (Å²) in [5.41, 5.74) is 3.58. The molecule has 2 N–H and O–H groups in total. The lowest BCUT2D eigenvalue weighted by Crippen LogP contribution is -2.25. The van der Waals surface area contributed by atoms with E-state index in [0.29, 0.717) is 12.2 Å². The van der Waals surface area contributed by atoms with E-state index in [1.54, 1.807) is 0 Å². The van der Waals surface area contributed by atoms with E-state index < -0.39 is 11.9 Å². The van der Waals surface area contributed by atoms with E-state index in [2.05, 4.69) is 80.4 Å². The van der Waals surface area contributed by atoms with Crippen molar-refractivity contribution >= 4 is 17.8 Å². The quantitative estimate of drug-likeness (QED) is 0.795. The number of aliphatic carboxylic acids is 2. The summed E-state index contributed by atoms with van der Waals surface area (Å²) in [7, 11) is 2.10. The van der Waals surface area contributed by atoms with E-state index in [0.717, 1.165) is 12.4 Å². The highest BCUT2D eigenvalue weighted by molar-refractivity contribution is 5.89. The molecular formula is C22H24N2O4. The first-order valence-corrected chi connectivity index (χ1v) is 8.79. The first kappa shape index (κ1) is 20.9. The number of benzene rings is 2. The van der Waals surface area contributed by atoms with Crippen molar-refractivity contribution in [3.63, 3.8) is 0 Å². The van der Waals surface area contributed by atoms with E-state index in [1.807, 2.05) is 0 Å². The van der Waals surface area contributed by atoms with Crippen molar-refractivity contribution in [3.05, 3.63) is 83.4 Å². The van der Waals surface area contributed by atoms with Gasteiger partial charge in [-0.25, -0.2) is 9.59 Å². The number of aliphatic imine (C=N–C) groups is 1. The van der Waals surface area contributed by atoms with Crippen LogP contribution in [0.3, 0.4) is 0 Å². The zero-order valence-electron chi connectivity index (χ0n) is 16.2. The fourth-order valence-corrected chi connectivity index (χ4v) is 3.10. The molecule has 28 heavy (non-hydrogen) atoms. The molecule has 3 rings (SSSR count). The largest absolute Gasteiger partial charge is 0.478 e. The number of carboxylic acids is 2. The van der Waals surface area contributed by atoms with Crippen LogP contribution in [0.2, 0.25) is 0 Å². The van der Waals surface area contributed by atoms with Gasteiger partial charge in [-0.15, -0.1) is 0 Å². The van der Waals surface area contributed by atoms with Crippen LogP contribution in [0.5, 0.6) is 0 Å². The molecule has 1 heterocycles. The van der Waals surface area contributed by atoms with Gasteiger partial charge in [0, 0.05) is 25.7 Å². The van der Waals surface area contributed by atoms with Crippen LogP contribution in [0.25, 0.3) is 0 Å². The molecule has 1 aliphatic heterocycles. The average Bonchev–Trinajstić information content (AvgIpc) is 2.77. The predicted octanol–water partition coefficient (Wildman–Crippen LogP) is 3.53. The highest BCUT2D eigenvalue weighted by atomic mass is 16.4. The fraction of sp³-hybridized carbons (Fsp3) is 0.227. The summed E-state index contributed by atoms with van der Waals surface area (Å²) in [4.78, 5) is 26.4. The Balaban J connectivity index is 0.000000300. The molecule has 0 aromatic heterocycles. The topological polar surface area (TPSA) is 90.2 Å². The van der Waals surface area contributed by atoms with Crippen molar-refractivity contribution in [2.24, 2.45) is 4.99 Å². The molecule has 0 radical (unpaired) electrons. The van der Waals surface area contributed by atoms with Gasteiger partial charge in [-0.2, -0.15) is 0 Å². The molecule has 0 saturated heterocycles. The summed E-state index contributed by atoms with van der Waals surface area (Å²) in [5, 5.41) is 15.6. The molecule has 2 aromatic carbocycles. The highest BCUT2D eigenvalue weighted by Gasteiger charge is 2.33. The van der Waals surface area contributed by atoms with Crippen molar-refractivity contribution in [1.82, 2.24) is 4.90 Å². The minimum Gasteiger partial charge on any atom is -0.478 e. The minimum atomic E-state index is -1.26. The monoisotopic (exact) mass is 380 g/mol. The van der Waals surface area contributed by atoms with E-state index >= 15 is 0 Å². The van der Waals surface area contributed by atoms with Crippen molar-refractivity contribution in [3.8, 4) is 0 Å².